The second kappa shape index (κ2) is 8.47. The third-order valence-corrected chi connectivity index (χ3v) is 7.35. The molecule has 3 aliphatic rings. The number of anilines is 1. The van der Waals surface area contributed by atoms with Crippen LogP contribution in [0.4, 0.5) is 5.69 Å². The SMILES string of the molecule is CC[C@@H]1CSC2=N[C@H](c3ccccn3)[C@@H](c3ccc(N4CCOCC4)c(OC)c3)N21. The van der Waals surface area contributed by atoms with Gasteiger partial charge in [-0.05, 0) is 36.2 Å². The Kier molecular flexibility index (Phi) is 5.56. The summed E-state index contributed by atoms with van der Waals surface area (Å²) >= 11 is 1.87. The zero-order valence-electron chi connectivity index (χ0n) is 17.5. The van der Waals surface area contributed by atoms with Gasteiger partial charge in [0.25, 0.3) is 0 Å². The van der Waals surface area contributed by atoms with Gasteiger partial charge in [-0.15, -0.1) is 0 Å². The van der Waals surface area contributed by atoms with Crippen LogP contribution in [0.3, 0.4) is 0 Å². The van der Waals surface area contributed by atoms with Crippen molar-refractivity contribution in [2.75, 3.05) is 44.1 Å². The summed E-state index contributed by atoms with van der Waals surface area (Å²) < 4.78 is 11.4. The van der Waals surface area contributed by atoms with Crippen molar-refractivity contribution in [2.24, 2.45) is 4.99 Å². The third-order valence-electron chi connectivity index (χ3n) is 6.23. The van der Waals surface area contributed by atoms with Gasteiger partial charge in [-0.25, -0.2) is 0 Å². The number of ether oxygens (including phenoxy) is 2. The Bertz CT molecular complexity index is 917. The summed E-state index contributed by atoms with van der Waals surface area (Å²) in [7, 11) is 1.76. The standard InChI is InChI=1S/C23H28N4O2S/c1-3-17-15-30-23-25-21(18-6-4-5-9-24-18)22(27(17)23)16-7-8-19(20(14-16)28-2)26-10-12-29-13-11-26/h4-9,14,17,21-22H,3,10-13,15H2,1-2H3/t17-,21-,22-/m1/s1. The van der Waals surface area contributed by atoms with Crippen LogP contribution in [0, 0.1) is 0 Å². The normalized spacial score (nSPS) is 25.9. The average molecular weight is 425 g/mol. The van der Waals surface area contributed by atoms with Gasteiger partial charge in [0, 0.05) is 31.1 Å². The highest BCUT2D eigenvalue weighted by Gasteiger charge is 2.45. The van der Waals surface area contributed by atoms with Crippen molar-refractivity contribution in [1.29, 1.82) is 0 Å². The molecule has 0 aliphatic carbocycles. The lowest BCUT2D eigenvalue weighted by Gasteiger charge is -2.33. The molecular weight excluding hydrogens is 396 g/mol. The van der Waals surface area contributed by atoms with Crippen LogP contribution in [0.25, 0.3) is 0 Å². The molecule has 0 N–H and O–H groups in total. The molecule has 3 aliphatic heterocycles. The van der Waals surface area contributed by atoms with E-state index in [1.165, 1.54) is 5.56 Å². The molecule has 0 bridgehead atoms. The number of thioether (sulfide) groups is 1. The van der Waals surface area contributed by atoms with E-state index in [2.05, 4.69) is 52.0 Å². The minimum absolute atomic E-state index is 0.00185. The van der Waals surface area contributed by atoms with Crippen molar-refractivity contribution < 1.29 is 9.47 Å². The Labute approximate surface area is 182 Å². The lowest BCUT2D eigenvalue weighted by atomic mass is 9.94. The molecule has 6 nitrogen and oxygen atoms in total. The van der Waals surface area contributed by atoms with Gasteiger partial charge in [-0.3, -0.25) is 9.98 Å². The van der Waals surface area contributed by atoms with Crippen LogP contribution < -0.4 is 9.64 Å². The van der Waals surface area contributed by atoms with E-state index in [-0.39, 0.29) is 12.1 Å². The minimum atomic E-state index is 0.00185. The Hall–Kier alpha value is -2.25. The maximum Gasteiger partial charge on any atom is 0.160 e. The topological polar surface area (TPSA) is 50.2 Å². The summed E-state index contributed by atoms with van der Waals surface area (Å²) in [5.74, 6) is 2.02. The van der Waals surface area contributed by atoms with Crippen molar-refractivity contribution in [3.63, 3.8) is 0 Å². The molecular formula is C23H28N4O2S. The Morgan fingerprint density at radius 3 is 2.80 bits per heavy atom. The predicted octanol–water partition coefficient (Wildman–Crippen LogP) is 3.91. The Balaban J connectivity index is 1.54. The molecule has 0 radical (unpaired) electrons. The first-order valence-corrected chi connectivity index (χ1v) is 11.7. The monoisotopic (exact) mass is 424 g/mol. The summed E-state index contributed by atoms with van der Waals surface area (Å²) in [6, 6.07) is 13.4. The summed E-state index contributed by atoms with van der Waals surface area (Å²) in [4.78, 5) is 14.6. The quantitative estimate of drug-likeness (QED) is 0.726. The molecule has 0 amide bonds. The molecule has 5 rings (SSSR count). The van der Waals surface area contributed by atoms with Crippen LogP contribution in [0.5, 0.6) is 5.75 Å². The highest BCUT2D eigenvalue weighted by atomic mass is 32.2. The molecule has 2 saturated heterocycles. The van der Waals surface area contributed by atoms with Gasteiger partial charge in [0.1, 0.15) is 11.8 Å². The first kappa shape index (κ1) is 19.7. The molecule has 1 aromatic carbocycles. The summed E-state index contributed by atoms with van der Waals surface area (Å²) in [6.45, 7) is 5.57. The molecule has 30 heavy (non-hydrogen) atoms. The average Bonchev–Trinajstić information content (AvgIpc) is 3.39. The molecule has 3 atom stereocenters. The van der Waals surface area contributed by atoms with E-state index in [0.29, 0.717) is 6.04 Å². The van der Waals surface area contributed by atoms with Crippen molar-refractivity contribution in [3.8, 4) is 5.75 Å². The summed E-state index contributed by atoms with van der Waals surface area (Å²) in [6.07, 6.45) is 2.98. The Morgan fingerprint density at radius 1 is 1.20 bits per heavy atom. The van der Waals surface area contributed by atoms with E-state index in [0.717, 1.165) is 60.8 Å². The smallest absolute Gasteiger partial charge is 0.160 e. The maximum absolute atomic E-state index is 5.85. The number of morpholine rings is 1. The van der Waals surface area contributed by atoms with Crippen molar-refractivity contribution in [3.05, 3.63) is 53.9 Å². The van der Waals surface area contributed by atoms with Gasteiger partial charge in [-0.2, -0.15) is 0 Å². The van der Waals surface area contributed by atoms with E-state index >= 15 is 0 Å². The summed E-state index contributed by atoms with van der Waals surface area (Å²) in [5.41, 5.74) is 3.40. The number of aromatic nitrogens is 1. The van der Waals surface area contributed by atoms with E-state index in [9.17, 15) is 0 Å². The van der Waals surface area contributed by atoms with Crippen LogP contribution >= 0.6 is 11.8 Å². The fraction of sp³-hybridized carbons (Fsp3) is 0.478. The van der Waals surface area contributed by atoms with E-state index in [1.807, 2.05) is 24.0 Å². The number of methoxy groups -OCH3 is 1. The number of pyridine rings is 1. The summed E-state index contributed by atoms with van der Waals surface area (Å²) in [5, 5.41) is 1.15. The molecule has 158 valence electrons. The van der Waals surface area contributed by atoms with Gasteiger partial charge < -0.3 is 19.3 Å². The molecule has 1 aromatic heterocycles. The molecule has 2 fully saturated rings. The fourth-order valence-corrected chi connectivity index (χ4v) is 5.99. The lowest BCUT2D eigenvalue weighted by molar-refractivity contribution is 0.122. The maximum atomic E-state index is 5.85. The van der Waals surface area contributed by atoms with Crippen LogP contribution in [0.2, 0.25) is 0 Å². The fourth-order valence-electron chi connectivity index (χ4n) is 4.65. The lowest BCUT2D eigenvalue weighted by Crippen LogP contribution is -2.37. The molecule has 0 spiro atoms. The van der Waals surface area contributed by atoms with E-state index in [1.54, 1.807) is 7.11 Å². The van der Waals surface area contributed by atoms with Gasteiger partial charge in [0.05, 0.1) is 37.7 Å². The second-order valence-corrected chi connectivity index (χ2v) is 8.85. The van der Waals surface area contributed by atoms with Crippen LogP contribution in [-0.2, 0) is 4.74 Å². The number of amidine groups is 1. The van der Waals surface area contributed by atoms with Gasteiger partial charge in [0.2, 0.25) is 0 Å². The predicted molar refractivity (Wildman–Crippen MR) is 122 cm³/mol. The van der Waals surface area contributed by atoms with Gasteiger partial charge in [0.15, 0.2) is 5.17 Å². The molecule has 4 heterocycles. The Morgan fingerprint density at radius 2 is 2.07 bits per heavy atom. The van der Waals surface area contributed by atoms with Crippen LogP contribution in [-0.4, -0.2) is 60.3 Å². The number of hydrogen-bond donors (Lipinski definition) is 0. The largest absolute Gasteiger partial charge is 0.495 e. The molecule has 0 saturated carbocycles. The second-order valence-electron chi connectivity index (χ2n) is 7.87. The van der Waals surface area contributed by atoms with Gasteiger partial charge >= 0.3 is 0 Å². The number of nitrogens with zero attached hydrogens (tertiary/aromatic N) is 4. The first-order chi connectivity index (χ1) is 14.8. The van der Waals surface area contributed by atoms with E-state index in [4.69, 9.17) is 14.5 Å². The third kappa shape index (κ3) is 3.44. The first-order valence-electron chi connectivity index (χ1n) is 10.7. The van der Waals surface area contributed by atoms with Gasteiger partial charge in [-0.1, -0.05) is 30.8 Å². The van der Waals surface area contributed by atoms with Crippen molar-refractivity contribution >= 4 is 22.6 Å². The number of benzene rings is 1. The molecule has 2 aromatic rings. The number of aliphatic imine (C=N–C) groups is 1. The zero-order chi connectivity index (χ0) is 20.5. The molecule has 0 unspecified atom stereocenters. The number of fused-ring (bicyclic) bond motifs is 1. The van der Waals surface area contributed by atoms with E-state index < -0.39 is 0 Å². The van der Waals surface area contributed by atoms with Crippen LogP contribution in [0.15, 0.2) is 47.6 Å². The minimum Gasteiger partial charge on any atom is -0.495 e. The molecule has 7 heteroatoms. The zero-order valence-corrected chi connectivity index (χ0v) is 18.3. The van der Waals surface area contributed by atoms with Crippen molar-refractivity contribution in [1.82, 2.24) is 9.88 Å². The van der Waals surface area contributed by atoms with Crippen molar-refractivity contribution in [2.45, 2.75) is 31.5 Å². The highest BCUT2D eigenvalue weighted by Crippen LogP contribution is 2.49. The number of rotatable bonds is 5. The van der Waals surface area contributed by atoms with Crippen LogP contribution in [0.1, 0.15) is 36.7 Å². The number of hydrogen-bond acceptors (Lipinski definition) is 7. The highest BCUT2D eigenvalue weighted by molar-refractivity contribution is 8.14.